The number of primary amides is 1. The average Bonchev–Trinajstić information content (AvgIpc) is 2.96. The summed E-state index contributed by atoms with van der Waals surface area (Å²) >= 11 is 0. The molecule has 1 saturated heterocycles. The Morgan fingerprint density at radius 1 is 1.24 bits per heavy atom. The summed E-state index contributed by atoms with van der Waals surface area (Å²) in [4.78, 5) is 15.2. The highest BCUT2D eigenvalue weighted by atomic mass is 35.5. The van der Waals surface area contributed by atoms with Crippen LogP contribution < -0.4 is 15.5 Å². The van der Waals surface area contributed by atoms with Gasteiger partial charge in [0.15, 0.2) is 0 Å². The van der Waals surface area contributed by atoms with Crippen LogP contribution in [-0.4, -0.2) is 40.8 Å². The van der Waals surface area contributed by atoms with Gasteiger partial charge in [-0.05, 0) is 37.1 Å². The fourth-order valence-electron chi connectivity index (χ4n) is 3.02. The molecule has 2 aromatic rings. The minimum Gasteiger partial charge on any atom is -0.369 e. The molecule has 1 aliphatic heterocycles. The molecule has 1 aromatic heterocycles. The van der Waals surface area contributed by atoms with Crippen molar-refractivity contribution >= 4 is 35.9 Å². The van der Waals surface area contributed by atoms with Crippen LogP contribution in [0.4, 0.5) is 22.0 Å². The van der Waals surface area contributed by atoms with Crippen LogP contribution in [0.25, 0.3) is 0 Å². The number of nitrogens with zero attached hydrogens (tertiary/aromatic N) is 5. The monoisotopic (exact) mass is 368 g/mol. The minimum atomic E-state index is -0.275. The van der Waals surface area contributed by atoms with E-state index in [4.69, 9.17) is 5.73 Å². The Morgan fingerprint density at radius 2 is 1.84 bits per heavy atom. The summed E-state index contributed by atoms with van der Waals surface area (Å²) in [6.07, 6.45) is 1.46. The quantitative estimate of drug-likeness (QED) is 0.890. The number of benzene rings is 1. The first-order chi connectivity index (χ1) is 11.5. The van der Waals surface area contributed by atoms with Crippen molar-refractivity contribution in [2.75, 3.05) is 29.9 Å². The lowest BCUT2D eigenvalue weighted by Crippen LogP contribution is -2.39. The first-order valence-corrected chi connectivity index (χ1v) is 7.90. The van der Waals surface area contributed by atoms with E-state index in [2.05, 4.69) is 15.1 Å². The van der Waals surface area contributed by atoms with Crippen molar-refractivity contribution in [3.8, 4) is 0 Å². The fourth-order valence-corrected chi connectivity index (χ4v) is 3.02. The summed E-state index contributed by atoms with van der Waals surface area (Å²) in [5.41, 5.74) is 6.20. The van der Waals surface area contributed by atoms with Gasteiger partial charge in [0.25, 0.3) is 0 Å². The van der Waals surface area contributed by atoms with E-state index in [0.29, 0.717) is 5.95 Å². The highest BCUT2D eigenvalue weighted by Crippen LogP contribution is 2.27. The van der Waals surface area contributed by atoms with E-state index in [-0.39, 0.29) is 30.0 Å². The number of carbonyl (C=O) groups is 1. The van der Waals surface area contributed by atoms with Crippen molar-refractivity contribution in [3.05, 3.63) is 30.1 Å². The van der Waals surface area contributed by atoms with E-state index in [0.717, 1.165) is 37.6 Å². The zero-order valence-electron chi connectivity index (χ0n) is 14.2. The number of hydrogen-bond donors (Lipinski definition) is 1. The normalized spacial score (nSPS) is 14.9. The molecule has 25 heavy (non-hydrogen) atoms. The summed E-state index contributed by atoms with van der Waals surface area (Å²) in [6, 6.07) is 6.22. The smallest absolute Gasteiger partial charge is 0.232 e. The summed E-state index contributed by atoms with van der Waals surface area (Å²) in [6.45, 7) is 1.44. The maximum atomic E-state index is 13.1. The van der Waals surface area contributed by atoms with E-state index in [1.165, 1.54) is 12.1 Å². The number of carbonyl (C=O) groups excluding carboxylic acids is 1. The number of amides is 1. The summed E-state index contributed by atoms with van der Waals surface area (Å²) in [5, 5.41) is 8.54. The van der Waals surface area contributed by atoms with Crippen molar-refractivity contribution in [1.29, 1.82) is 0 Å². The van der Waals surface area contributed by atoms with Gasteiger partial charge in [0.2, 0.25) is 17.8 Å². The Morgan fingerprint density at radius 3 is 2.40 bits per heavy atom. The van der Waals surface area contributed by atoms with Crippen LogP contribution in [0, 0.1) is 11.7 Å². The molecule has 136 valence electrons. The van der Waals surface area contributed by atoms with Crippen LogP contribution >= 0.6 is 12.4 Å². The second-order valence-electron chi connectivity index (χ2n) is 6.06. The predicted molar refractivity (Wildman–Crippen MR) is 96.8 cm³/mol. The molecule has 0 spiro atoms. The van der Waals surface area contributed by atoms with Gasteiger partial charge < -0.3 is 15.5 Å². The number of anilines is 3. The van der Waals surface area contributed by atoms with E-state index >= 15 is 0 Å². The van der Waals surface area contributed by atoms with Gasteiger partial charge in [0.05, 0.1) is 0 Å². The lowest BCUT2D eigenvalue weighted by Gasteiger charge is -2.31. The second-order valence-corrected chi connectivity index (χ2v) is 6.06. The molecule has 2 heterocycles. The lowest BCUT2D eigenvalue weighted by atomic mass is 9.96. The molecule has 1 aliphatic rings. The van der Waals surface area contributed by atoms with Crippen molar-refractivity contribution in [2.45, 2.75) is 12.8 Å². The molecule has 9 heteroatoms. The molecule has 0 saturated carbocycles. The number of piperidine rings is 1. The molecule has 1 amide bonds. The Balaban J connectivity index is 0.00000225. The number of rotatable bonds is 4. The van der Waals surface area contributed by atoms with Gasteiger partial charge in [-0.3, -0.25) is 9.36 Å². The van der Waals surface area contributed by atoms with Crippen LogP contribution in [0.5, 0.6) is 0 Å². The number of halogens is 2. The zero-order valence-corrected chi connectivity index (χ0v) is 15.0. The third-order valence-corrected chi connectivity index (χ3v) is 4.52. The van der Waals surface area contributed by atoms with E-state index in [1.54, 1.807) is 12.1 Å². The first-order valence-electron chi connectivity index (χ1n) is 7.90. The molecule has 0 aliphatic carbocycles. The third-order valence-electron chi connectivity index (χ3n) is 4.52. The Hall–Kier alpha value is -2.35. The van der Waals surface area contributed by atoms with Crippen LogP contribution in [0.2, 0.25) is 0 Å². The van der Waals surface area contributed by atoms with Crippen molar-refractivity contribution in [3.63, 3.8) is 0 Å². The second kappa shape index (κ2) is 7.69. The minimum absolute atomic E-state index is 0. The number of hydrogen-bond acceptors (Lipinski definition) is 5. The van der Waals surface area contributed by atoms with Crippen LogP contribution in [0.1, 0.15) is 12.8 Å². The molecule has 0 bridgehead atoms. The van der Waals surface area contributed by atoms with Crippen LogP contribution in [0.3, 0.4) is 0 Å². The molecule has 7 nitrogen and oxygen atoms in total. The summed E-state index contributed by atoms with van der Waals surface area (Å²) < 4.78 is 15.0. The van der Waals surface area contributed by atoms with E-state index < -0.39 is 0 Å². The van der Waals surface area contributed by atoms with E-state index in [1.807, 2.05) is 23.6 Å². The predicted octanol–water partition coefficient (Wildman–Crippen LogP) is 1.85. The SMILES string of the molecule is CN(c1ccc(F)cc1)c1nnc(N2CCC(C(N)=O)CC2)n1C.Cl. The molecular weight excluding hydrogens is 347 g/mol. The molecule has 0 unspecified atom stereocenters. The van der Waals surface area contributed by atoms with E-state index in [9.17, 15) is 9.18 Å². The zero-order chi connectivity index (χ0) is 17.3. The van der Waals surface area contributed by atoms with Gasteiger partial charge in [0.1, 0.15) is 5.82 Å². The summed E-state index contributed by atoms with van der Waals surface area (Å²) in [5.74, 6) is 0.846. The highest BCUT2D eigenvalue weighted by molar-refractivity contribution is 5.85. The number of nitrogens with two attached hydrogens (primary N) is 1. The average molecular weight is 369 g/mol. The maximum Gasteiger partial charge on any atom is 0.232 e. The Kier molecular flexibility index (Phi) is 5.84. The lowest BCUT2D eigenvalue weighted by molar-refractivity contribution is -0.122. The van der Waals surface area contributed by atoms with Crippen molar-refractivity contribution < 1.29 is 9.18 Å². The van der Waals surface area contributed by atoms with Gasteiger partial charge in [-0.15, -0.1) is 22.6 Å². The molecule has 1 aromatic carbocycles. The molecular formula is C16H22ClFN6O. The van der Waals surface area contributed by atoms with Gasteiger partial charge >= 0.3 is 0 Å². The van der Waals surface area contributed by atoms with Crippen molar-refractivity contribution in [1.82, 2.24) is 14.8 Å². The van der Waals surface area contributed by atoms with Crippen LogP contribution in [0.15, 0.2) is 24.3 Å². The number of aromatic nitrogens is 3. The summed E-state index contributed by atoms with van der Waals surface area (Å²) in [7, 11) is 3.76. The highest BCUT2D eigenvalue weighted by Gasteiger charge is 2.26. The van der Waals surface area contributed by atoms with Crippen LogP contribution in [-0.2, 0) is 11.8 Å². The molecule has 2 N–H and O–H groups in total. The van der Waals surface area contributed by atoms with Gasteiger partial charge in [-0.2, -0.15) is 0 Å². The first kappa shape index (κ1) is 19.0. The standard InChI is InChI=1S/C16H21FN6O.ClH/c1-21(13-5-3-12(17)4-6-13)15-19-20-16(22(15)2)23-9-7-11(8-10-23)14(18)24;/h3-6,11H,7-10H2,1-2H3,(H2,18,24);1H. The van der Waals surface area contributed by atoms with Gasteiger partial charge in [0, 0.05) is 38.8 Å². The molecule has 0 radical (unpaired) electrons. The van der Waals surface area contributed by atoms with Crippen molar-refractivity contribution in [2.24, 2.45) is 18.7 Å². The third kappa shape index (κ3) is 3.84. The topological polar surface area (TPSA) is 80.3 Å². The Bertz CT molecular complexity index is 727. The Labute approximate surface area is 152 Å². The molecule has 3 rings (SSSR count). The largest absolute Gasteiger partial charge is 0.369 e. The molecule has 1 fully saturated rings. The molecule has 0 atom stereocenters. The fraction of sp³-hybridized carbons (Fsp3) is 0.438. The van der Waals surface area contributed by atoms with Gasteiger partial charge in [-0.1, -0.05) is 0 Å². The van der Waals surface area contributed by atoms with Gasteiger partial charge in [-0.25, -0.2) is 4.39 Å². The maximum absolute atomic E-state index is 13.1.